The monoisotopic (exact) mass is 293 g/mol. The first-order chi connectivity index (χ1) is 9.91. The highest BCUT2D eigenvalue weighted by atomic mass is 16.5. The number of nitrogens with one attached hydrogen (secondary N) is 1. The highest BCUT2D eigenvalue weighted by Crippen LogP contribution is 2.13. The Morgan fingerprint density at radius 3 is 2.48 bits per heavy atom. The molecule has 1 rings (SSSR count). The van der Waals surface area contributed by atoms with E-state index in [1.165, 1.54) is 11.8 Å². The molecule has 7 nitrogen and oxygen atoms in total. The van der Waals surface area contributed by atoms with E-state index in [0.717, 1.165) is 0 Å². The van der Waals surface area contributed by atoms with E-state index in [9.17, 15) is 14.4 Å². The molecule has 0 fully saturated rings. The van der Waals surface area contributed by atoms with Crippen molar-refractivity contribution in [1.29, 1.82) is 0 Å². The van der Waals surface area contributed by atoms with Crippen molar-refractivity contribution in [2.75, 3.05) is 18.5 Å². The summed E-state index contributed by atoms with van der Waals surface area (Å²) in [6.45, 7) is 1.57. The third kappa shape index (κ3) is 5.52. The van der Waals surface area contributed by atoms with Gasteiger partial charge in [0.2, 0.25) is 0 Å². The number of rotatable bonds is 6. The maximum absolute atomic E-state index is 12.1. The van der Waals surface area contributed by atoms with Crippen LogP contribution in [-0.4, -0.2) is 37.6 Å². The molecule has 0 aliphatic carbocycles. The van der Waals surface area contributed by atoms with Crippen molar-refractivity contribution in [3.63, 3.8) is 0 Å². The van der Waals surface area contributed by atoms with E-state index in [0.29, 0.717) is 5.69 Å². The largest absolute Gasteiger partial charge is 0.452 e. The van der Waals surface area contributed by atoms with Crippen molar-refractivity contribution in [2.24, 2.45) is 5.73 Å². The number of carbonyl (C=O) groups excluding carboxylic acids is 3. The highest BCUT2D eigenvalue weighted by molar-refractivity contribution is 5.96. The number of urea groups is 1. The van der Waals surface area contributed by atoms with Crippen molar-refractivity contribution in [2.45, 2.75) is 19.4 Å². The summed E-state index contributed by atoms with van der Waals surface area (Å²) < 4.78 is 5.01. The standard InChI is InChI=1S/C14H19N3O4/c1-10(21-12(18)8-9-16-14(15)20)13(19)17(2)11-6-4-3-5-7-11/h3-7,10H,8-9H2,1-2H3,(H3,15,16,20)/t10-/m1/s1. The lowest BCUT2D eigenvalue weighted by Crippen LogP contribution is -2.38. The van der Waals surface area contributed by atoms with Crippen molar-refractivity contribution >= 4 is 23.6 Å². The topological polar surface area (TPSA) is 102 Å². The molecule has 1 atom stereocenters. The number of carbonyl (C=O) groups is 3. The highest BCUT2D eigenvalue weighted by Gasteiger charge is 2.22. The Morgan fingerprint density at radius 1 is 1.29 bits per heavy atom. The van der Waals surface area contributed by atoms with Crippen LogP contribution in [0.5, 0.6) is 0 Å². The summed E-state index contributed by atoms with van der Waals surface area (Å²) in [4.78, 5) is 35.5. The van der Waals surface area contributed by atoms with E-state index in [1.54, 1.807) is 19.2 Å². The lowest BCUT2D eigenvalue weighted by molar-refractivity contribution is -0.153. The molecule has 0 heterocycles. The fraction of sp³-hybridized carbons (Fsp3) is 0.357. The Balaban J connectivity index is 2.47. The van der Waals surface area contributed by atoms with Gasteiger partial charge >= 0.3 is 12.0 Å². The predicted molar refractivity (Wildman–Crippen MR) is 77.6 cm³/mol. The third-order valence-corrected chi connectivity index (χ3v) is 2.76. The number of benzene rings is 1. The number of esters is 1. The fourth-order valence-electron chi connectivity index (χ4n) is 1.65. The Bertz CT molecular complexity index is 504. The molecule has 0 aromatic heterocycles. The summed E-state index contributed by atoms with van der Waals surface area (Å²) in [5, 5.41) is 2.27. The second-order valence-electron chi connectivity index (χ2n) is 4.41. The van der Waals surface area contributed by atoms with E-state index >= 15 is 0 Å². The molecule has 0 unspecified atom stereocenters. The van der Waals surface area contributed by atoms with Gasteiger partial charge in [-0.15, -0.1) is 0 Å². The van der Waals surface area contributed by atoms with Gasteiger partial charge in [-0.05, 0) is 19.1 Å². The number of hydrogen-bond acceptors (Lipinski definition) is 4. The summed E-state index contributed by atoms with van der Waals surface area (Å²) >= 11 is 0. The Hall–Kier alpha value is -2.57. The number of likely N-dealkylation sites (N-methyl/N-ethyl adjacent to an activating group) is 1. The zero-order valence-corrected chi connectivity index (χ0v) is 12.0. The van der Waals surface area contributed by atoms with Gasteiger partial charge in [0.05, 0.1) is 6.42 Å². The number of nitrogens with zero attached hydrogens (tertiary/aromatic N) is 1. The average molecular weight is 293 g/mol. The molecule has 0 radical (unpaired) electrons. The Kier molecular flexibility index (Phi) is 6.19. The number of hydrogen-bond donors (Lipinski definition) is 2. The number of anilines is 1. The Morgan fingerprint density at radius 2 is 1.90 bits per heavy atom. The first-order valence-corrected chi connectivity index (χ1v) is 6.47. The van der Waals surface area contributed by atoms with Crippen LogP contribution in [0.1, 0.15) is 13.3 Å². The van der Waals surface area contributed by atoms with Crippen LogP contribution < -0.4 is 16.0 Å². The van der Waals surface area contributed by atoms with Crippen LogP contribution in [0.4, 0.5) is 10.5 Å². The second-order valence-corrected chi connectivity index (χ2v) is 4.41. The van der Waals surface area contributed by atoms with Crippen LogP contribution in [0.25, 0.3) is 0 Å². The second kappa shape index (κ2) is 7.88. The molecule has 3 N–H and O–H groups in total. The summed E-state index contributed by atoms with van der Waals surface area (Å²) in [5.74, 6) is -0.913. The van der Waals surface area contributed by atoms with Crippen molar-refractivity contribution in [1.82, 2.24) is 5.32 Å². The van der Waals surface area contributed by atoms with Gasteiger partial charge in [0, 0.05) is 19.3 Å². The summed E-state index contributed by atoms with van der Waals surface area (Å²) in [5.41, 5.74) is 5.58. The molecule has 3 amide bonds. The van der Waals surface area contributed by atoms with Crippen LogP contribution in [-0.2, 0) is 14.3 Å². The first kappa shape index (κ1) is 16.5. The summed E-state index contributed by atoms with van der Waals surface area (Å²) in [6.07, 6.45) is -0.952. The smallest absolute Gasteiger partial charge is 0.312 e. The maximum atomic E-state index is 12.1. The molecule has 0 spiro atoms. The average Bonchev–Trinajstić information content (AvgIpc) is 2.46. The van der Waals surface area contributed by atoms with Crippen LogP contribution in [0.3, 0.4) is 0 Å². The molecule has 7 heteroatoms. The van der Waals surface area contributed by atoms with Crippen LogP contribution >= 0.6 is 0 Å². The minimum atomic E-state index is -0.906. The normalized spacial score (nSPS) is 11.3. The third-order valence-electron chi connectivity index (χ3n) is 2.76. The molecule has 21 heavy (non-hydrogen) atoms. The lowest BCUT2D eigenvalue weighted by Gasteiger charge is -2.21. The van der Waals surface area contributed by atoms with Crippen LogP contribution in [0, 0.1) is 0 Å². The van der Waals surface area contributed by atoms with Gasteiger partial charge in [0.25, 0.3) is 5.91 Å². The summed E-state index contributed by atoms with van der Waals surface area (Å²) in [7, 11) is 1.61. The molecule has 0 aliphatic rings. The summed E-state index contributed by atoms with van der Waals surface area (Å²) in [6, 6.07) is 8.32. The number of nitrogens with two attached hydrogens (primary N) is 1. The minimum absolute atomic E-state index is 0.0460. The van der Waals surface area contributed by atoms with Gasteiger partial charge in [0.1, 0.15) is 0 Å². The Labute approximate surface area is 123 Å². The quantitative estimate of drug-likeness (QED) is 0.751. The lowest BCUT2D eigenvalue weighted by atomic mass is 10.2. The minimum Gasteiger partial charge on any atom is -0.452 e. The number of para-hydroxylation sites is 1. The molecule has 0 aliphatic heterocycles. The number of primary amides is 1. The van der Waals surface area contributed by atoms with Gasteiger partial charge in [-0.3, -0.25) is 9.59 Å². The molecular formula is C14H19N3O4. The van der Waals surface area contributed by atoms with E-state index in [1.807, 2.05) is 18.2 Å². The maximum Gasteiger partial charge on any atom is 0.312 e. The number of amides is 3. The molecule has 1 aromatic carbocycles. The van der Waals surface area contributed by atoms with Crippen LogP contribution in [0.15, 0.2) is 30.3 Å². The van der Waals surface area contributed by atoms with E-state index in [-0.39, 0.29) is 18.9 Å². The molecule has 114 valence electrons. The predicted octanol–water partition coefficient (Wildman–Crippen LogP) is 0.640. The van der Waals surface area contributed by atoms with Gasteiger partial charge < -0.3 is 20.7 Å². The number of ether oxygens (including phenoxy) is 1. The van der Waals surface area contributed by atoms with Gasteiger partial charge in [-0.1, -0.05) is 18.2 Å². The zero-order chi connectivity index (χ0) is 15.8. The molecule has 1 aromatic rings. The zero-order valence-electron chi connectivity index (χ0n) is 12.0. The van der Waals surface area contributed by atoms with E-state index in [2.05, 4.69) is 5.32 Å². The van der Waals surface area contributed by atoms with Gasteiger partial charge in [-0.25, -0.2) is 4.79 Å². The van der Waals surface area contributed by atoms with Crippen molar-refractivity contribution in [3.8, 4) is 0 Å². The SMILES string of the molecule is C[C@@H](OC(=O)CCNC(N)=O)C(=O)N(C)c1ccccc1. The van der Waals surface area contributed by atoms with E-state index in [4.69, 9.17) is 10.5 Å². The van der Waals surface area contributed by atoms with E-state index < -0.39 is 18.1 Å². The van der Waals surface area contributed by atoms with Crippen molar-refractivity contribution in [3.05, 3.63) is 30.3 Å². The fourth-order valence-corrected chi connectivity index (χ4v) is 1.65. The van der Waals surface area contributed by atoms with Gasteiger partial charge in [-0.2, -0.15) is 0 Å². The van der Waals surface area contributed by atoms with Gasteiger partial charge in [0.15, 0.2) is 6.10 Å². The van der Waals surface area contributed by atoms with Crippen LogP contribution in [0.2, 0.25) is 0 Å². The molecule has 0 saturated carbocycles. The molecule has 0 saturated heterocycles. The first-order valence-electron chi connectivity index (χ1n) is 6.47. The molecule has 0 bridgehead atoms. The molecular weight excluding hydrogens is 274 g/mol. The van der Waals surface area contributed by atoms with Crippen molar-refractivity contribution < 1.29 is 19.1 Å².